The van der Waals surface area contributed by atoms with Crippen molar-refractivity contribution in [3.05, 3.63) is 0 Å². The number of hydrogen-bond donors (Lipinski definition) is 0. The van der Waals surface area contributed by atoms with Gasteiger partial charge in [0.2, 0.25) is 0 Å². The fraction of sp³-hybridized carbons (Fsp3) is 0.800. The van der Waals surface area contributed by atoms with Gasteiger partial charge >= 0.3 is 0 Å². The average Bonchev–Trinajstić information content (AvgIpc) is 2.21. The molecule has 0 aromatic rings. The summed E-state index contributed by atoms with van der Waals surface area (Å²) in [7, 11) is 0. The molecule has 1 fully saturated rings. The van der Waals surface area contributed by atoms with Crippen LogP contribution < -0.4 is 0 Å². The average molecular weight is 180 g/mol. The Kier molecular flexibility index (Phi) is 3.91. The van der Waals surface area contributed by atoms with Gasteiger partial charge in [-0.15, -0.1) is 0 Å². The van der Waals surface area contributed by atoms with Crippen LogP contribution in [-0.4, -0.2) is 30.3 Å². The van der Waals surface area contributed by atoms with E-state index in [9.17, 15) is 4.79 Å². The van der Waals surface area contributed by atoms with Gasteiger partial charge in [-0.1, -0.05) is 6.92 Å². The third-order valence-electron chi connectivity index (χ3n) is 2.74. The lowest BCUT2D eigenvalue weighted by molar-refractivity contribution is -0.112. The number of likely N-dealkylation sites (tertiary alicyclic amines) is 1. The molecule has 1 heterocycles. The fourth-order valence-corrected chi connectivity index (χ4v) is 1.80. The smallest absolute Gasteiger partial charge is 0.123 e. The van der Waals surface area contributed by atoms with Crippen molar-refractivity contribution >= 4 is 6.29 Å². The van der Waals surface area contributed by atoms with Gasteiger partial charge in [0.15, 0.2) is 0 Å². The van der Waals surface area contributed by atoms with Crippen molar-refractivity contribution in [1.29, 1.82) is 5.26 Å². The number of piperidine rings is 1. The molecular weight excluding hydrogens is 164 g/mol. The molecule has 0 bridgehead atoms. The molecule has 1 unspecified atom stereocenters. The maximum Gasteiger partial charge on any atom is 0.123 e. The summed E-state index contributed by atoms with van der Waals surface area (Å²) >= 11 is 0. The standard InChI is InChI=1S/C10H16N2O/c1-2-10(7-11)12-5-3-9(8-13)4-6-12/h8-10H,2-6H2,1H3. The normalized spacial score (nSPS) is 22.2. The van der Waals surface area contributed by atoms with Gasteiger partial charge in [-0.05, 0) is 19.3 Å². The van der Waals surface area contributed by atoms with E-state index in [2.05, 4.69) is 11.0 Å². The molecule has 72 valence electrons. The summed E-state index contributed by atoms with van der Waals surface area (Å²) in [5.74, 6) is 0.229. The largest absolute Gasteiger partial charge is 0.303 e. The summed E-state index contributed by atoms with van der Waals surface area (Å²) in [5.41, 5.74) is 0. The summed E-state index contributed by atoms with van der Waals surface area (Å²) in [6.45, 7) is 3.82. The molecule has 0 N–H and O–H groups in total. The topological polar surface area (TPSA) is 44.1 Å². The summed E-state index contributed by atoms with van der Waals surface area (Å²) in [6, 6.07) is 2.34. The first-order valence-electron chi connectivity index (χ1n) is 4.90. The maximum absolute atomic E-state index is 10.5. The Morgan fingerprint density at radius 3 is 2.62 bits per heavy atom. The van der Waals surface area contributed by atoms with Gasteiger partial charge in [0, 0.05) is 19.0 Å². The van der Waals surface area contributed by atoms with Crippen LogP contribution in [0.4, 0.5) is 0 Å². The van der Waals surface area contributed by atoms with E-state index >= 15 is 0 Å². The Hall–Kier alpha value is -0.880. The number of carbonyl (C=O) groups excluding carboxylic acids is 1. The summed E-state index contributed by atoms with van der Waals surface area (Å²) < 4.78 is 0. The van der Waals surface area contributed by atoms with Crippen molar-refractivity contribution in [2.75, 3.05) is 13.1 Å². The van der Waals surface area contributed by atoms with E-state index in [1.165, 1.54) is 0 Å². The van der Waals surface area contributed by atoms with Gasteiger partial charge in [0.25, 0.3) is 0 Å². The van der Waals surface area contributed by atoms with E-state index < -0.39 is 0 Å². The minimum atomic E-state index is 0.0487. The zero-order valence-corrected chi connectivity index (χ0v) is 8.07. The van der Waals surface area contributed by atoms with Gasteiger partial charge in [-0.2, -0.15) is 5.26 Å². The predicted octanol–water partition coefficient (Wildman–Crippen LogP) is 1.20. The van der Waals surface area contributed by atoms with Gasteiger partial charge in [0.1, 0.15) is 6.29 Å². The zero-order valence-electron chi connectivity index (χ0n) is 8.07. The van der Waals surface area contributed by atoms with Gasteiger partial charge in [-0.25, -0.2) is 0 Å². The van der Waals surface area contributed by atoms with Crippen molar-refractivity contribution < 1.29 is 4.79 Å². The summed E-state index contributed by atoms with van der Waals surface area (Å²) in [6.07, 6.45) is 3.76. The fourth-order valence-electron chi connectivity index (χ4n) is 1.80. The lowest BCUT2D eigenvalue weighted by Gasteiger charge is -2.32. The summed E-state index contributed by atoms with van der Waals surface area (Å²) in [4.78, 5) is 12.7. The van der Waals surface area contributed by atoms with Crippen LogP contribution in [0.5, 0.6) is 0 Å². The Morgan fingerprint density at radius 1 is 1.62 bits per heavy atom. The Morgan fingerprint density at radius 2 is 2.23 bits per heavy atom. The monoisotopic (exact) mass is 180 g/mol. The van der Waals surface area contributed by atoms with Crippen molar-refractivity contribution in [2.24, 2.45) is 5.92 Å². The van der Waals surface area contributed by atoms with Gasteiger partial charge in [-0.3, -0.25) is 4.90 Å². The van der Waals surface area contributed by atoms with Crippen LogP contribution in [0.15, 0.2) is 0 Å². The molecule has 3 heteroatoms. The van der Waals surface area contributed by atoms with Crippen LogP contribution in [0.3, 0.4) is 0 Å². The van der Waals surface area contributed by atoms with E-state index in [0.717, 1.165) is 38.6 Å². The van der Waals surface area contributed by atoms with Crippen LogP contribution in [0, 0.1) is 17.2 Å². The molecule has 0 aromatic carbocycles. The lowest BCUT2D eigenvalue weighted by Crippen LogP contribution is -2.40. The van der Waals surface area contributed by atoms with Crippen molar-refractivity contribution in [2.45, 2.75) is 32.2 Å². The third kappa shape index (κ3) is 2.53. The van der Waals surface area contributed by atoms with Crippen LogP contribution in [0.25, 0.3) is 0 Å². The first-order valence-corrected chi connectivity index (χ1v) is 4.90. The molecule has 1 atom stereocenters. The van der Waals surface area contributed by atoms with Crippen molar-refractivity contribution in [3.63, 3.8) is 0 Å². The van der Waals surface area contributed by atoms with Crippen molar-refractivity contribution in [3.8, 4) is 6.07 Å². The molecule has 0 radical (unpaired) electrons. The highest BCUT2D eigenvalue weighted by Gasteiger charge is 2.23. The minimum Gasteiger partial charge on any atom is -0.303 e. The van der Waals surface area contributed by atoms with Gasteiger partial charge in [0.05, 0.1) is 12.1 Å². The van der Waals surface area contributed by atoms with Crippen LogP contribution >= 0.6 is 0 Å². The highest BCUT2D eigenvalue weighted by Crippen LogP contribution is 2.17. The van der Waals surface area contributed by atoms with Gasteiger partial charge < -0.3 is 4.79 Å². The number of nitrogens with zero attached hydrogens (tertiary/aromatic N) is 2. The predicted molar refractivity (Wildman–Crippen MR) is 50.1 cm³/mol. The molecule has 0 saturated carbocycles. The van der Waals surface area contributed by atoms with E-state index in [1.807, 2.05) is 6.92 Å². The highest BCUT2D eigenvalue weighted by molar-refractivity contribution is 5.53. The van der Waals surface area contributed by atoms with E-state index in [1.54, 1.807) is 0 Å². The molecule has 0 spiro atoms. The summed E-state index contributed by atoms with van der Waals surface area (Å²) in [5, 5.41) is 8.84. The SMILES string of the molecule is CCC(C#N)N1CCC(C=O)CC1. The molecule has 1 aliphatic heterocycles. The van der Waals surface area contributed by atoms with E-state index in [4.69, 9.17) is 5.26 Å². The molecule has 3 nitrogen and oxygen atoms in total. The quantitative estimate of drug-likeness (QED) is 0.613. The molecule has 0 aromatic heterocycles. The molecule has 1 rings (SSSR count). The van der Waals surface area contributed by atoms with E-state index in [-0.39, 0.29) is 12.0 Å². The van der Waals surface area contributed by atoms with Crippen LogP contribution in [0.2, 0.25) is 0 Å². The van der Waals surface area contributed by atoms with Crippen LogP contribution in [-0.2, 0) is 4.79 Å². The highest BCUT2D eigenvalue weighted by atomic mass is 16.1. The first kappa shape index (κ1) is 10.2. The second-order valence-corrected chi connectivity index (χ2v) is 3.56. The Balaban J connectivity index is 2.40. The Labute approximate surface area is 79.3 Å². The number of aldehydes is 1. The molecule has 0 amide bonds. The van der Waals surface area contributed by atoms with Crippen molar-refractivity contribution in [1.82, 2.24) is 4.90 Å². The third-order valence-corrected chi connectivity index (χ3v) is 2.74. The second kappa shape index (κ2) is 4.98. The van der Waals surface area contributed by atoms with E-state index in [0.29, 0.717) is 0 Å². The number of rotatable bonds is 3. The molecule has 0 aliphatic carbocycles. The minimum absolute atomic E-state index is 0.0487. The zero-order chi connectivity index (χ0) is 9.68. The second-order valence-electron chi connectivity index (χ2n) is 3.56. The molecule has 13 heavy (non-hydrogen) atoms. The number of carbonyl (C=O) groups is 1. The molecular formula is C10H16N2O. The number of nitriles is 1. The van der Waals surface area contributed by atoms with Crippen LogP contribution in [0.1, 0.15) is 26.2 Å². The molecule has 1 saturated heterocycles. The first-order chi connectivity index (χ1) is 6.31. The number of hydrogen-bond acceptors (Lipinski definition) is 3. The Bertz CT molecular complexity index is 201. The molecule has 1 aliphatic rings. The lowest BCUT2D eigenvalue weighted by atomic mass is 9.97. The maximum atomic E-state index is 10.5.